The van der Waals surface area contributed by atoms with Crippen LogP contribution in [0.3, 0.4) is 0 Å². The quantitative estimate of drug-likeness (QED) is 0.160. The minimum Gasteiger partial charge on any atom is -0.565 e. The first-order valence-corrected chi connectivity index (χ1v) is 13.2. The molecule has 0 bridgehead atoms. The van der Waals surface area contributed by atoms with Crippen molar-refractivity contribution in [2.24, 2.45) is 0 Å². The Kier molecular flexibility index (Phi) is 10.6. The summed E-state index contributed by atoms with van der Waals surface area (Å²) in [7, 11) is -7.07. The normalized spacial score (nSPS) is 15.9. The molecule has 2 aromatic rings. The third-order valence-electron chi connectivity index (χ3n) is 5.19. The molecule has 0 aromatic heterocycles. The Morgan fingerprint density at radius 3 is 2.21 bits per heavy atom. The van der Waals surface area contributed by atoms with E-state index in [0.29, 0.717) is 19.6 Å². The van der Waals surface area contributed by atoms with Crippen molar-refractivity contribution in [2.45, 2.75) is 32.3 Å². The highest BCUT2D eigenvalue weighted by molar-refractivity contribution is 7.99. The standard InChI is InChI=1S/C21H22N2O4S2.HO4P.H2/c1-2-14-23-15-12-21(13-16-23,20(24)22-25)29(26,27)19-10-8-18(9-11-19)28-17-6-4-3-5-7-17;1-4-5(2)3;/h1,3-11,25H,12-16H2,(H,22,24);1H;1H. The SMILES string of the molecule is C#CCN1CCC(C(=O)NO)(S(=O)(=O)c2ccc(Sc3ccccc3)cc2)CC1.O=[P+]([O-])OO.[HH]. The van der Waals surface area contributed by atoms with Gasteiger partial charge in [0.25, 0.3) is 5.91 Å². The van der Waals surface area contributed by atoms with Crippen molar-refractivity contribution in [1.29, 1.82) is 0 Å². The fraction of sp³-hybridized carbons (Fsp3) is 0.286. The molecule has 0 aliphatic carbocycles. The number of hydroxylamine groups is 1. The molecule has 10 nitrogen and oxygen atoms in total. The Balaban J connectivity index is 0.000000927. The van der Waals surface area contributed by atoms with Crippen LogP contribution in [-0.4, -0.2) is 54.1 Å². The molecule has 3 rings (SSSR count). The summed E-state index contributed by atoms with van der Waals surface area (Å²) >= 11 is 1.52. The van der Waals surface area contributed by atoms with E-state index in [9.17, 15) is 18.4 Å². The van der Waals surface area contributed by atoms with Crippen molar-refractivity contribution in [3.8, 4) is 12.3 Å². The summed E-state index contributed by atoms with van der Waals surface area (Å²) in [6.45, 7) is 1.11. The van der Waals surface area contributed by atoms with Crippen molar-refractivity contribution in [2.75, 3.05) is 19.6 Å². The van der Waals surface area contributed by atoms with E-state index < -0.39 is 28.7 Å². The van der Waals surface area contributed by atoms with Gasteiger partial charge in [0.1, 0.15) is 0 Å². The Morgan fingerprint density at radius 1 is 1.21 bits per heavy atom. The Bertz CT molecular complexity index is 1120. The molecule has 184 valence electrons. The van der Waals surface area contributed by atoms with E-state index in [0.717, 1.165) is 9.79 Å². The summed E-state index contributed by atoms with van der Waals surface area (Å²) in [5.41, 5.74) is 1.56. The van der Waals surface area contributed by atoms with E-state index in [4.69, 9.17) is 21.1 Å². The molecule has 34 heavy (non-hydrogen) atoms. The zero-order valence-corrected chi connectivity index (χ0v) is 20.4. The highest BCUT2D eigenvalue weighted by Gasteiger charge is 2.52. The summed E-state index contributed by atoms with van der Waals surface area (Å²) < 4.78 is 36.7. The van der Waals surface area contributed by atoms with Gasteiger partial charge in [0.15, 0.2) is 14.6 Å². The molecular formula is C21H25N2O8PS2. The maximum atomic E-state index is 13.4. The van der Waals surface area contributed by atoms with Gasteiger partial charge in [-0.15, -0.1) is 6.42 Å². The van der Waals surface area contributed by atoms with Gasteiger partial charge in [0.05, 0.1) is 11.4 Å². The van der Waals surface area contributed by atoms with Crippen molar-refractivity contribution >= 4 is 35.8 Å². The first-order valence-electron chi connectivity index (χ1n) is 9.84. The Morgan fingerprint density at radius 2 is 1.74 bits per heavy atom. The molecule has 1 fully saturated rings. The summed E-state index contributed by atoms with van der Waals surface area (Å²) in [5.74, 6) is 1.63. The number of rotatable bonds is 7. The number of amides is 1. The number of likely N-dealkylation sites (tertiary alicyclic amines) is 1. The second kappa shape index (κ2) is 12.9. The molecular weight excluding hydrogens is 503 g/mol. The maximum Gasteiger partial charge on any atom is 0.521 e. The molecule has 1 aliphatic heterocycles. The minimum atomic E-state index is -4.02. The molecule has 1 saturated heterocycles. The van der Waals surface area contributed by atoms with Crippen LogP contribution in [0.5, 0.6) is 0 Å². The summed E-state index contributed by atoms with van der Waals surface area (Å²) in [4.78, 5) is 25.3. The lowest BCUT2D eigenvalue weighted by molar-refractivity contribution is -0.244. The van der Waals surface area contributed by atoms with Crippen LogP contribution < -0.4 is 10.4 Å². The van der Waals surface area contributed by atoms with Crippen LogP contribution in [0.2, 0.25) is 0 Å². The molecule has 1 atom stereocenters. The highest BCUT2D eigenvalue weighted by Crippen LogP contribution is 2.37. The fourth-order valence-corrected chi connectivity index (χ4v) is 6.25. The van der Waals surface area contributed by atoms with Crippen LogP contribution in [0, 0.1) is 12.3 Å². The Labute approximate surface area is 204 Å². The number of hydrogen-bond donors (Lipinski definition) is 3. The lowest BCUT2D eigenvalue weighted by Gasteiger charge is -2.38. The van der Waals surface area contributed by atoms with Crippen molar-refractivity contribution < 1.29 is 39.2 Å². The van der Waals surface area contributed by atoms with Gasteiger partial charge >= 0.3 is 8.25 Å². The van der Waals surface area contributed by atoms with Crippen LogP contribution in [0.1, 0.15) is 14.3 Å². The zero-order valence-electron chi connectivity index (χ0n) is 17.9. The van der Waals surface area contributed by atoms with E-state index in [2.05, 4.69) is 10.6 Å². The van der Waals surface area contributed by atoms with Gasteiger partial charge in [-0.25, -0.2) is 19.2 Å². The van der Waals surface area contributed by atoms with Gasteiger partial charge in [-0.05, 0) is 53.8 Å². The smallest absolute Gasteiger partial charge is 0.521 e. The number of carbonyl (C=O) groups is 1. The van der Waals surface area contributed by atoms with Crippen LogP contribution in [0.25, 0.3) is 0 Å². The second-order valence-electron chi connectivity index (χ2n) is 7.11. The zero-order chi connectivity index (χ0) is 25.2. The van der Waals surface area contributed by atoms with E-state index in [1.807, 2.05) is 35.2 Å². The molecule has 2 aromatic carbocycles. The van der Waals surface area contributed by atoms with E-state index in [1.54, 1.807) is 17.6 Å². The topological polar surface area (TPSA) is 156 Å². The van der Waals surface area contributed by atoms with Gasteiger partial charge in [0.2, 0.25) is 0 Å². The molecule has 3 N–H and O–H groups in total. The number of terminal acetylenes is 1. The van der Waals surface area contributed by atoms with Gasteiger partial charge in [-0.2, -0.15) is 0 Å². The molecule has 1 aliphatic rings. The summed E-state index contributed by atoms with van der Waals surface area (Å²) in [6.07, 6.45) is 5.45. The molecule has 0 saturated carbocycles. The minimum absolute atomic E-state index is 0. The van der Waals surface area contributed by atoms with Gasteiger partial charge in [-0.3, -0.25) is 14.9 Å². The maximum absolute atomic E-state index is 13.4. The summed E-state index contributed by atoms with van der Waals surface area (Å²) in [5, 5.41) is 16.3. The largest absolute Gasteiger partial charge is 0.565 e. The molecule has 1 heterocycles. The predicted octanol–water partition coefficient (Wildman–Crippen LogP) is 2.32. The number of nitrogens with one attached hydrogen (secondary N) is 1. The van der Waals surface area contributed by atoms with E-state index in [-0.39, 0.29) is 19.2 Å². The molecule has 1 unspecified atom stereocenters. The van der Waals surface area contributed by atoms with Gasteiger partial charge in [0, 0.05) is 29.0 Å². The lowest BCUT2D eigenvalue weighted by atomic mass is 9.95. The van der Waals surface area contributed by atoms with Crippen LogP contribution in [-0.2, 0) is 23.9 Å². The average Bonchev–Trinajstić information content (AvgIpc) is 2.85. The van der Waals surface area contributed by atoms with Crippen molar-refractivity contribution in [1.82, 2.24) is 10.4 Å². The number of carbonyl (C=O) groups excluding carboxylic acids is 1. The van der Waals surface area contributed by atoms with Crippen LogP contribution >= 0.6 is 20.0 Å². The number of benzene rings is 2. The number of piperidine rings is 1. The molecule has 1 amide bonds. The van der Waals surface area contributed by atoms with E-state index in [1.165, 1.54) is 23.9 Å². The third-order valence-corrected chi connectivity index (χ3v) is 8.85. The Hall–Kier alpha value is -2.33. The van der Waals surface area contributed by atoms with E-state index >= 15 is 0 Å². The molecule has 13 heteroatoms. The van der Waals surface area contributed by atoms with Crippen LogP contribution in [0.15, 0.2) is 69.3 Å². The fourth-order valence-electron chi connectivity index (χ4n) is 3.46. The number of sulfone groups is 1. The number of hydrogen-bond acceptors (Lipinski definition) is 10. The molecule has 0 spiro atoms. The average molecular weight is 529 g/mol. The third kappa shape index (κ3) is 6.85. The first-order chi connectivity index (χ1) is 16.2. The van der Waals surface area contributed by atoms with Crippen molar-refractivity contribution in [3.05, 3.63) is 54.6 Å². The monoisotopic (exact) mass is 528 g/mol. The first kappa shape index (κ1) is 27.9. The van der Waals surface area contributed by atoms with Crippen LogP contribution in [0.4, 0.5) is 0 Å². The molecule has 0 radical (unpaired) electrons. The second-order valence-corrected chi connectivity index (χ2v) is 11.1. The van der Waals surface area contributed by atoms with Crippen molar-refractivity contribution in [3.63, 3.8) is 0 Å². The highest BCUT2D eigenvalue weighted by atomic mass is 32.2. The lowest BCUT2D eigenvalue weighted by Crippen LogP contribution is -2.57. The predicted molar refractivity (Wildman–Crippen MR) is 125 cm³/mol. The van der Waals surface area contributed by atoms with Gasteiger partial charge in [-0.1, -0.05) is 35.9 Å². The number of nitrogens with zero attached hydrogens (tertiary/aromatic N) is 1. The summed E-state index contributed by atoms with van der Waals surface area (Å²) in [6, 6.07) is 16.2. The van der Waals surface area contributed by atoms with Gasteiger partial charge < -0.3 is 4.89 Å².